The van der Waals surface area contributed by atoms with Crippen LogP contribution in [0.1, 0.15) is 41.3 Å². The molecule has 2 amide bonds. The molecule has 2 aromatic rings. The lowest BCUT2D eigenvalue weighted by Gasteiger charge is -2.26. The minimum Gasteiger partial charge on any atom is -0.434 e. The van der Waals surface area contributed by atoms with Gasteiger partial charge in [-0.2, -0.15) is 0 Å². The molecule has 0 bridgehead atoms. The monoisotopic (exact) mass is 330 g/mol. The van der Waals surface area contributed by atoms with Crippen LogP contribution in [0.4, 0.5) is 4.79 Å². The van der Waals surface area contributed by atoms with Gasteiger partial charge in [0.2, 0.25) is 0 Å². The summed E-state index contributed by atoms with van der Waals surface area (Å²) in [5.74, 6) is 0.710. The first kappa shape index (κ1) is 15.7. The molecule has 6 heteroatoms. The van der Waals surface area contributed by atoms with Gasteiger partial charge in [0, 0.05) is 19.4 Å². The van der Waals surface area contributed by atoms with Gasteiger partial charge >= 0.3 is 6.03 Å². The van der Waals surface area contributed by atoms with Crippen LogP contribution in [0.25, 0.3) is 0 Å². The number of hydrogen-bond acceptors (Lipinski definition) is 4. The highest BCUT2D eigenvalue weighted by Crippen LogP contribution is 2.35. The maximum absolute atomic E-state index is 12.1. The van der Waals surface area contributed by atoms with Crippen LogP contribution in [0.2, 0.25) is 0 Å². The Morgan fingerprint density at radius 3 is 2.78 bits per heavy atom. The zero-order valence-corrected chi connectivity index (χ0v) is 13.9. The fourth-order valence-corrected chi connectivity index (χ4v) is 3.46. The summed E-state index contributed by atoms with van der Waals surface area (Å²) in [6.07, 6.45) is 1.18. The van der Waals surface area contributed by atoms with Crippen molar-refractivity contribution in [3.63, 3.8) is 0 Å². The standard InChI is InChI=1S/C17H18N2O3S/c1-17(2)8-12(20)14-13(9-17)22-16(23-14)19-15(21)18-10-11-6-4-3-5-7-11/h3-7H,8-10H2,1-2H3,(H,18,21)/b19-16+. The molecule has 0 aliphatic heterocycles. The summed E-state index contributed by atoms with van der Waals surface area (Å²) < 4.78 is 5.61. The van der Waals surface area contributed by atoms with Crippen molar-refractivity contribution in [3.05, 3.63) is 51.4 Å². The Morgan fingerprint density at radius 2 is 2.04 bits per heavy atom. The third-order valence-electron chi connectivity index (χ3n) is 3.66. The van der Waals surface area contributed by atoms with E-state index in [0.29, 0.717) is 30.0 Å². The number of benzene rings is 1. The summed E-state index contributed by atoms with van der Waals surface area (Å²) in [6.45, 7) is 4.47. The average Bonchev–Trinajstić information content (AvgIpc) is 2.87. The third kappa shape index (κ3) is 3.76. The zero-order chi connectivity index (χ0) is 16.4. The van der Waals surface area contributed by atoms with E-state index < -0.39 is 6.03 Å². The summed E-state index contributed by atoms with van der Waals surface area (Å²) in [4.78, 5) is 28.7. The number of urea groups is 1. The fraction of sp³-hybridized carbons (Fsp3) is 0.353. The predicted molar refractivity (Wildman–Crippen MR) is 87.3 cm³/mol. The van der Waals surface area contributed by atoms with Crippen molar-refractivity contribution in [2.45, 2.75) is 33.2 Å². The molecule has 23 heavy (non-hydrogen) atoms. The number of ketones is 1. The highest BCUT2D eigenvalue weighted by molar-refractivity contribution is 7.11. The van der Waals surface area contributed by atoms with E-state index in [1.165, 1.54) is 0 Å². The summed E-state index contributed by atoms with van der Waals surface area (Å²) in [7, 11) is 0. The van der Waals surface area contributed by atoms with E-state index in [1.54, 1.807) is 0 Å². The molecule has 0 unspecified atom stereocenters. The first-order valence-corrected chi connectivity index (χ1v) is 8.27. The highest BCUT2D eigenvalue weighted by atomic mass is 32.1. The van der Waals surface area contributed by atoms with Crippen LogP contribution < -0.4 is 10.2 Å². The number of hydrogen-bond donors (Lipinski definition) is 1. The topological polar surface area (TPSA) is 71.7 Å². The van der Waals surface area contributed by atoms with Crippen LogP contribution in [-0.2, 0) is 13.0 Å². The number of fused-ring (bicyclic) bond motifs is 1. The first-order chi connectivity index (χ1) is 10.9. The number of Topliss-reactive ketones (excluding diaryl/α,β-unsaturated/α-hetero) is 1. The second kappa shape index (κ2) is 6.12. The van der Waals surface area contributed by atoms with Crippen molar-refractivity contribution in [3.8, 4) is 0 Å². The molecule has 0 fully saturated rings. The molecule has 0 saturated carbocycles. The summed E-state index contributed by atoms with van der Waals surface area (Å²) in [5, 5.41) is 2.71. The smallest absolute Gasteiger partial charge is 0.345 e. The largest absolute Gasteiger partial charge is 0.434 e. The second-order valence-electron chi connectivity index (χ2n) is 6.42. The van der Waals surface area contributed by atoms with E-state index in [4.69, 9.17) is 4.42 Å². The van der Waals surface area contributed by atoms with E-state index in [1.807, 2.05) is 44.2 Å². The molecule has 5 nitrogen and oxygen atoms in total. The van der Waals surface area contributed by atoms with Crippen molar-refractivity contribution in [1.29, 1.82) is 0 Å². The lowest BCUT2D eigenvalue weighted by atomic mass is 9.78. The van der Waals surface area contributed by atoms with Crippen molar-refractivity contribution in [2.24, 2.45) is 10.4 Å². The van der Waals surface area contributed by atoms with Gasteiger partial charge < -0.3 is 9.73 Å². The van der Waals surface area contributed by atoms with Crippen LogP contribution in [-0.4, -0.2) is 11.8 Å². The van der Waals surface area contributed by atoms with Gasteiger partial charge in [0.15, 0.2) is 5.78 Å². The summed E-state index contributed by atoms with van der Waals surface area (Å²) >= 11 is 1.15. The van der Waals surface area contributed by atoms with Gasteiger partial charge in [0.05, 0.1) is 0 Å². The van der Waals surface area contributed by atoms with E-state index in [9.17, 15) is 9.59 Å². The van der Waals surface area contributed by atoms with E-state index in [0.717, 1.165) is 16.9 Å². The van der Waals surface area contributed by atoms with Gasteiger partial charge in [-0.1, -0.05) is 55.5 Å². The van der Waals surface area contributed by atoms with Gasteiger partial charge in [0.1, 0.15) is 10.6 Å². The van der Waals surface area contributed by atoms with Gasteiger partial charge in [-0.25, -0.2) is 4.79 Å². The molecular formula is C17H18N2O3S. The molecule has 120 valence electrons. The molecule has 1 aromatic carbocycles. The van der Waals surface area contributed by atoms with Crippen molar-refractivity contribution >= 4 is 23.2 Å². The number of rotatable bonds is 2. The Kier molecular flexibility index (Phi) is 4.17. The van der Waals surface area contributed by atoms with E-state index in [2.05, 4.69) is 10.3 Å². The molecule has 0 saturated heterocycles. The molecule has 1 aliphatic rings. The Hall–Kier alpha value is -2.21. The van der Waals surface area contributed by atoms with Crippen molar-refractivity contribution in [1.82, 2.24) is 5.32 Å². The fourth-order valence-electron chi connectivity index (χ4n) is 2.60. The first-order valence-electron chi connectivity index (χ1n) is 7.45. The van der Waals surface area contributed by atoms with Crippen LogP contribution in [0.3, 0.4) is 0 Å². The van der Waals surface area contributed by atoms with E-state index >= 15 is 0 Å². The van der Waals surface area contributed by atoms with Crippen LogP contribution in [0.15, 0.2) is 39.7 Å². The zero-order valence-electron chi connectivity index (χ0n) is 13.1. The maximum atomic E-state index is 12.1. The molecule has 1 aromatic heterocycles. The van der Waals surface area contributed by atoms with Gasteiger partial charge in [0.25, 0.3) is 4.87 Å². The Morgan fingerprint density at radius 1 is 1.30 bits per heavy atom. The number of nitrogens with one attached hydrogen (secondary N) is 1. The molecule has 1 aliphatic carbocycles. The Labute approximate surface area is 138 Å². The van der Waals surface area contributed by atoms with Crippen molar-refractivity contribution in [2.75, 3.05) is 0 Å². The lowest BCUT2D eigenvalue weighted by molar-refractivity contribution is 0.0906. The normalized spacial score (nSPS) is 17.0. The van der Waals surface area contributed by atoms with Gasteiger partial charge in [-0.05, 0) is 11.0 Å². The molecule has 0 spiro atoms. The number of nitrogens with zero attached hydrogens (tertiary/aromatic N) is 1. The summed E-state index contributed by atoms with van der Waals surface area (Å²) in [5.41, 5.74) is 0.886. The third-order valence-corrected chi connectivity index (χ3v) is 4.67. The Balaban J connectivity index is 1.73. The predicted octanol–water partition coefficient (Wildman–Crippen LogP) is 3.31. The Bertz CT molecular complexity index is 803. The molecule has 3 rings (SSSR count). The average molecular weight is 330 g/mol. The molecule has 1 N–H and O–H groups in total. The van der Waals surface area contributed by atoms with Crippen LogP contribution in [0, 0.1) is 5.41 Å². The highest BCUT2D eigenvalue weighted by Gasteiger charge is 2.34. The van der Waals surface area contributed by atoms with Crippen molar-refractivity contribution < 1.29 is 14.0 Å². The molecular weight excluding hydrogens is 312 g/mol. The molecule has 0 radical (unpaired) electrons. The maximum Gasteiger partial charge on any atom is 0.345 e. The number of carbonyl (C=O) groups excluding carboxylic acids is 2. The van der Waals surface area contributed by atoms with E-state index in [-0.39, 0.29) is 16.1 Å². The second-order valence-corrected chi connectivity index (χ2v) is 7.38. The minimum absolute atomic E-state index is 0.0659. The summed E-state index contributed by atoms with van der Waals surface area (Å²) in [6, 6.07) is 9.12. The number of carbonyl (C=O) groups is 2. The quantitative estimate of drug-likeness (QED) is 0.918. The lowest BCUT2D eigenvalue weighted by Crippen LogP contribution is -2.25. The van der Waals surface area contributed by atoms with Crippen LogP contribution in [0.5, 0.6) is 0 Å². The van der Waals surface area contributed by atoms with Gasteiger partial charge in [-0.3, -0.25) is 4.79 Å². The SMILES string of the molecule is CC1(C)CC(=O)c2s/c(=N/C(=O)NCc3ccccc3)oc2C1. The number of amides is 2. The minimum atomic E-state index is -0.470. The van der Waals surface area contributed by atoms with Gasteiger partial charge in [-0.15, -0.1) is 4.99 Å². The molecule has 0 atom stereocenters. The van der Waals surface area contributed by atoms with Crippen LogP contribution >= 0.6 is 11.3 Å². The molecule has 1 heterocycles.